The minimum Gasteiger partial charge on any atom is -0.326 e. The number of carbonyl (C=O) groups is 1. The van der Waals surface area contributed by atoms with Crippen LogP contribution in [0.2, 0.25) is 5.02 Å². The number of aryl methyl sites for hydroxylation is 2. The van der Waals surface area contributed by atoms with Gasteiger partial charge in [0.1, 0.15) is 0 Å². The van der Waals surface area contributed by atoms with Crippen LogP contribution in [0.3, 0.4) is 0 Å². The molecule has 0 radical (unpaired) electrons. The molecule has 2 aromatic rings. The third-order valence-corrected chi connectivity index (χ3v) is 7.10. The van der Waals surface area contributed by atoms with E-state index in [0.717, 1.165) is 16.8 Å². The van der Waals surface area contributed by atoms with E-state index in [9.17, 15) is 13.2 Å². The summed E-state index contributed by atoms with van der Waals surface area (Å²) >= 11 is 6.12. The van der Waals surface area contributed by atoms with Crippen LogP contribution in [0.1, 0.15) is 29.5 Å². The lowest BCUT2D eigenvalue weighted by Gasteiger charge is -2.31. The highest BCUT2D eigenvalue weighted by Crippen LogP contribution is 2.25. The second kappa shape index (κ2) is 8.64. The molecular weight excluding hydrogens is 396 g/mol. The molecule has 150 valence electrons. The first-order chi connectivity index (χ1) is 13.2. The smallest absolute Gasteiger partial charge is 0.228 e. The number of hydrogen-bond acceptors (Lipinski definition) is 3. The van der Waals surface area contributed by atoms with Gasteiger partial charge in [-0.15, -0.1) is 0 Å². The summed E-state index contributed by atoms with van der Waals surface area (Å²) in [6.45, 7) is 4.59. The Balaban J connectivity index is 1.69. The largest absolute Gasteiger partial charge is 0.326 e. The van der Waals surface area contributed by atoms with E-state index in [1.165, 1.54) is 4.31 Å². The van der Waals surface area contributed by atoms with Gasteiger partial charge in [-0.1, -0.05) is 35.9 Å². The van der Waals surface area contributed by atoms with Crippen molar-refractivity contribution < 1.29 is 13.2 Å². The van der Waals surface area contributed by atoms with Crippen LogP contribution < -0.4 is 5.32 Å². The molecule has 0 saturated carbocycles. The van der Waals surface area contributed by atoms with E-state index in [-0.39, 0.29) is 24.1 Å². The summed E-state index contributed by atoms with van der Waals surface area (Å²) in [6, 6.07) is 12.8. The zero-order chi connectivity index (χ0) is 20.3. The van der Waals surface area contributed by atoms with Crippen molar-refractivity contribution in [3.05, 3.63) is 64.2 Å². The quantitative estimate of drug-likeness (QED) is 0.790. The molecule has 1 saturated heterocycles. The summed E-state index contributed by atoms with van der Waals surface area (Å²) in [6.07, 6.45) is 1.33. The van der Waals surface area contributed by atoms with Crippen molar-refractivity contribution in [2.75, 3.05) is 18.4 Å². The SMILES string of the molecule is Cc1cc(C)cc(NC(=O)[C@H]2CCCN(S(=O)(=O)Cc3ccccc3Cl)C2)c1. The van der Waals surface area contributed by atoms with Crippen molar-refractivity contribution >= 4 is 33.2 Å². The second-order valence-corrected chi connectivity index (χ2v) is 9.79. The number of amides is 1. The van der Waals surface area contributed by atoms with E-state index >= 15 is 0 Å². The molecule has 0 spiro atoms. The normalized spacial score (nSPS) is 18.0. The number of anilines is 1. The van der Waals surface area contributed by atoms with Crippen molar-refractivity contribution in [3.63, 3.8) is 0 Å². The third kappa shape index (κ3) is 5.13. The van der Waals surface area contributed by atoms with Crippen LogP contribution >= 0.6 is 11.6 Å². The number of nitrogens with one attached hydrogen (secondary N) is 1. The Morgan fingerprint density at radius 1 is 1.18 bits per heavy atom. The topological polar surface area (TPSA) is 66.5 Å². The first kappa shape index (κ1) is 20.8. The average molecular weight is 421 g/mol. The molecule has 1 amide bonds. The fourth-order valence-corrected chi connectivity index (χ4v) is 5.53. The van der Waals surface area contributed by atoms with Gasteiger partial charge in [-0.2, -0.15) is 0 Å². The molecule has 5 nitrogen and oxygen atoms in total. The lowest BCUT2D eigenvalue weighted by atomic mass is 9.98. The van der Waals surface area contributed by atoms with E-state index < -0.39 is 10.0 Å². The number of hydrogen-bond donors (Lipinski definition) is 1. The summed E-state index contributed by atoms with van der Waals surface area (Å²) in [5, 5.41) is 3.38. The van der Waals surface area contributed by atoms with Crippen LogP contribution in [0.15, 0.2) is 42.5 Å². The first-order valence-electron chi connectivity index (χ1n) is 9.35. The van der Waals surface area contributed by atoms with Gasteiger partial charge in [0.15, 0.2) is 0 Å². The molecule has 0 aliphatic carbocycles. The van der Waals surface area contributed by atoms with Gasteiger partial charge in [0.05, 0.1) is 11.7 Å². The minimum absolute atomic E-state index is 0.136. The van der Waals surface area contributed by atoms with Crippen molar-refractivity contribution in [2.24, 2.45) is 5.92 Å². The Morgan fingerprint density at radius 3 is 2.54 bits per heavy atom. The van der Waals surface area contributed by atoms with Crippen molar-refractivity contribution in [1.82, 2.24) is 4.31 Å². The van der Waals surface area contributed by atoms with Crippen LogP contribution in [-0.2, 0) is 20.6 Å². The zero-order valence-electron chi connectivity index (χ0n) is 16.1. The van der Waals surface area contributed by atoms with Crippen LogP contribution in [0.25, 0.3) is 0 Å². The van der Waals surface area contributed by atoms with Gasteiger partial charge in [0.2, 0.25) is 15.9 Å². The lowest BCUT2D eigenvalue weighted by Crippen LogP contribution is -2.44. The van der Waals surface area contributed by atoms with Gasteiger partial charge >= 0.3 is 0 Å². The molecule has 1 heterocycles. The fraction of sp³-hybridized carbons (Fsp3) is 0.381. The van der Waals surface area contributed by atoms with Crippen molar-refractivity contribution in [1.29, 1.82) is 0 Å². The fourth-order valence-electron chi connectivity index (χ4n) is 3.60. The lowest BCUT2D eigenvalue weighted by molar-refractivity contribution is -0.120. The Bertz CT molecular complexity index is 955. The maximum Gasteiger partial charge on any atom is 0.228 e. The van der Waals surface area contributed by atoms with E-state index in [4.69, 9.17) is 11.6 Å². The second-order valence-electron chi connectivity index (χ2n) is 7.41. The Kier molecular flexibility index (Phi) is 6.43. The molecule has 1 aliphatic rings. The van der Waals surface area contributed by atoms with E-state index in [2.05, 4.69) is 5.32 Å². The summed E-state index contributed by atoms with van der Waals surface area (Å²) in [5.74, 6) is -0.656. The van der Waals surface area contributed by atoms with Gasteiger partial charge in [-0.25, -0.2) is 12.7 Å². The number of nitrogens with zero attached hydrogens (tertiary/aromatic N) is 1. The van der Waals surface area contributed by atoms with Gasteiger partial charge in [0.25, 0.3) is 0 Å². The molecule has 0 unspecified atom stereocenters. The minimum atomic E-state index is -3.54. The standard InChI is InChI=1S/C21H25ClN2O3S/c1-15-10-16(2)12-19(11-15)23-21(25)17-7-5-9-24(13-17)28(26,27)14-18-6-3-4-8-20(18)22/h3-4,6,8,10-12,17H,5,7,9,13-14H2,1-2H3,(H,23,25)/t17-/m0/s1. The molecule has 1 aliphatic heterocycles. The van der Waals surface area contributed by atoms with Crippen LogP contribution in [0, 0.1) is 19.8 Å². The molecule has 2 aromatic carbocycles. The number of halogens is 1. The van der Waals surface area contributed by atoms with Gasteiger partial charge in [-0.3, -0.25) is 4.79 Å². The molecule has 0 bridgehead atoms. The highest BCUT2D eigenvalue weighted by molar-refractivity contribution is 7.88. The van der Waals surface area contributed by atoms with Gasteiger partial charge < -0.3 is 5.32 Å². The van der Waals surface area contributed by atoms with Crippen molar-refractivity contribution in [2.45, 2.75) is 32.4 Å². The Morgan fingerprint density at radius 2 is 1.86 bits per heavy atom. The Hall–Kier alpha value is -1.89. The number of sulfonamides is 1. The molecular formula is C21H25ClN2O3S. The molecule has 0 aromatic heterocycles. The number of piperidine rings is 1. The summed E-state index contributed by atoms with van der Waals surface area (Å²) in [5.41, 5.74) is 3.47. The predicted molar refractivity (Wildman–Crippen MR) is 113 cm³/mol. The number of rotatable bonds is 5. The first-order valence-corrected chi connectivity index (χ1v) is 11.3. The molecule has 1 atom stereocenters. The number of benzene rings is 2. The van der Waals surface area contributed by atoms with Gasteiger partial charge in [0, 0.05) is 23.8 Å². The molecule has 28 heavy (non-hydrogen) atoms. The highest BCUT2D eigenvalue weighted by Gasteiger charge is 2.32. The maximum absolute atomic E-state index is 12.9. The van der Waals surface area contributed by atoms with Crippen molar-refractivity contribution in [3.8, 4) is 0 Å². The maximum atomic E-state index is 12.9. The van der Waals surface area contributed by atoms with Crippen LogP contribution in [0.5, 0.6) is 0 Å². The molecule has 7 heteroatoms. The average Bonchev–Trinajstić information content (AvgIpc) is 2.63. The predicted octanol–water partition coefficient (Wildman–Crippen LogP) is 4.14. The molecule has 3 rings (SSSR count). The third-order valence-electron chi connectivity index (χ3n) is 4.93. The van der Waals surface area contributed by atoms with E-state index in [1.807, 2.05) is 32.0 Å². The number of carbonyl (C=O) groups excluding carboxylic acids is 1. The summed E-state index contributed by atoms with van der Waals surface area (Å²) < 4.78 is 27.1. The van der Waals surface area contributed by atoms with E-state index in [0.29, 0.717) is 30.0 Å². The highest BCUT2D eigenvalue weighted by atomic mass is 35.5. The van der Waals surface area contributed by atoms with Crippen LogP contribution in [-0.4, -0.2) is 31.7 Å². The summed E-state index contributed by atoms with van der Waals surface area (Å²) in [7, 11) is -3.54. The molecule has 1 N–H and O–H groups in total. The van der Waals surface area contributed by atoms with Crippen LogP contribution in [0.4, 0.5) is 5.69 Å². The monoisotopic (exact) mass is 420 g/mol. The van der Waals surface area contributed by atoms with E-state index in [1.54, 1.807) is 24.3 Å². The Labute approximate surface area is 171 Å². The van der Waals surface area contributed by atoms with Gasteiger partial charge in [-0.05, 0) is 61.6 Å². The zero-order valence-corrected chi connectivity index (χ0v) is 17.7. The summed E-state index contributed by atoms with van der Waals surface area (Å²) in [4.78, 5) is 12.7. The molecule has 1 fully saturated rings.